The molecule has 0 saturated heterocycles. The number of benzene rings is 1. The van der Waals surface area contributed by atoms with E-state index >= 15 is 0 Å². The van der Waals surface area contributed by atoms with Gasteiger partial charge in [0.05, 0.1) is 0 Å². The van der Waals surface area contributed by atoms with Crippen molar-refractivity contribution in [2.24, 2.45) is 5.41 Å². The van der Waals surface area contributed by atoms with Gasteiger partial charge in [0, 0.05) is 16.6 Å². The van der Waals surface area contributed by atoms with Gasteiger partial charge in [-0.1, -0.05) is 47.3 Å². The van der Waals surface area contributed by atoms with Crippen molar-refractivity contribution in [2.75, 3.05) is 0 Å². The lowest BCUT2D eigenvalue weighted by atomic mass is 9.57. The summed E-state index contributed by atoms with van der Waals surface area (Å²) in [5, 5.41) is 3.90. The average molecular weight is 322 g/mol. The van der Waals surface area contributed by atoms with Crippen molar-refractivity contribution in [2.45, 2.75) is 64.0 Å². The van der Waals surface area contributed by atoms with E-state index in [1.807, 2.05) is 0 Å². The fourth-order valence-electron chi connectivity index (χ4n) is 3.99. The molecule has 1 nitrogen and oxygen atoms in total. The fraction of sp³-hybridized carbons (Fsp3) is 0.647. The molecule has 2 fully saturated rings. The molecule has 2 heteroatoms. The minimum atomic E-state index is 0.460. The van der Waals surface area contributed by atoms with Crippen LogP contribution in [0.4, 0.5) is 0 Å². The van der Waals surface area contributed by atoms with Crippen LogP contribution in [0.25, 0.3) is 0 Å². The highest BCUT2D eigenvalue weighted by Gasteiger charge is 2.46. The van der Waals surface area contributed by atoms with Gasteiger partial charge in [-0.2, -0.15) is 0 Å². The Balaban J connectivity index is 1.65. The van der Waals surface area contributed by atoms with E-state index in [1.165, 1.54) is 55.0 Å². The third kappa shape index (κ3) is 2.75. The number of hydrogen-bond donors (Lipinski definition) is 1. The topological polar surface area (TPSA) is 12.0 Å². The molecule has 3 rings (SSSR count). The summed E-state index contributed by atoms with van der Waals surface area (Å²) in [4.78, 5) is 0. The van der Waals surface area contributed by atoms with Gasteiger partial charge in [-0.3, -0.25) is 0 Å². The molecule has 1 N–H and O–H groups in total. The zero-order chi connectivity index (χ0) is 13.3. The van der Waals surface area contributed by atoms with Gasteiger partial charge in [0.2, 0.25) is 0 Å². The number of halogens is 1. The van der Waals surface area contributed by atoms with Gasteiger partial charge < -0.3 is 5.32 Å². The average Bonchev–Trinajstić information content (AvgIpc) is 2.44. The summed E-state index contributed by atoms with van der Waals surface area (Å²) in [7, 11) is 0. The minimum absolute atomic E-state index is 0.460. The highest BCUT2D eigenvalue weighted by molar-refractivity contribution is 9.10. The van der Waals surface area contributed by atoms with Crippen molar-refractivity contribution in [3.8, 4) is 0 Å². The van der Waals surface area contributed by atoms with Gasteiger partial charge in [0.1, 0.15) is 0 Å². The van der Waals surface area contributed by atoms with Gasteiger partial charge in [0.25, 0.3) is 0 Å². The molecule has 0 radical (unpaired) electrons. The van der Waals surface area contributed by atoms with Crippen LogP contribution in [-0.4, -0.2) is 6.04 Å². The van der Waals surface area contributed by atoms with Gasteiger partial charge in [-0.05, 0) is 55.7 Å². The van der Waals surface area contributed by atoms with Crippen LogP contribution in [-0.2, 0) is 0 Å². The number of rotatable bonds is 3. The summed E-state index contributed by atoms with van der Waals surface area (Å²) in [6.07, 6.45) is 10.1. The molecule has 1 spiro atoms. The number of hydrogen-bond acceptors (Lipinski definition) is 1. The van der Waals surface area contributed by atoms with Gasteiger partial charge in [0.15, 0.2) is 0 Å². The fourth-order valence-corrected chi connectivity index (χ4v) is 4.40. The van der Waals surface area contributed by atoms with Crippen LogP contribution in [0.3, 0.4) is 0 Å². The second-order valence-corrected chi connectivity index (χ2v) is 7.37. The van der Waals surface area contributed by atoms with Gasteiger partial charge >= 0.3 is 0 Å². The molecule has 2 aliphatic carbocycles. The van der Waals surface area contributed by atoms with Crippen molar-refractivity contribution in [1.29, 1.82) is 0 Å². The first-order valence-corrected chi connectivity index (χ1v) is 8.50. The Bertz CT molecular complexity index is 437. The molecular weight excluding hydrogens is 298 g/mol. The van der Waals surface area contributed by atoms with Crippen molar-refractivity contribution in [1.82, 2.24) is 5.32 Å². The smallest absolute Gasteiger partial charge is 0.0294 e. The maximum Gasteiger partial charge on any atom is 0.0294 e. The lowest BCUT2D eigenvalue weighted by molar-refractivity contribution is 0.0174. The second-order valence-electron chi connectivity index (χ2n) is 6.46. The Morgan fingerprint density at radius 2 is 2.00 bits per heavy atom. The van der Waals surface area contributed by atoms with Crippen molar-refractivity contribution >= 4 is 15.9 Å². The standard InChI is InChI=1S/C17H24BrN/c1-13(14-6-5-7-15(18)12-14)19-16-8-11-17(16)9-3-2-4-10-17/h5-7,12-13,16,19H,2-4,8-11H2,1H3/t13-,16?/m0/s1. The van der Waals surface area contributed by atoms with Crippen LogP contribution in [0.15, 0.2) is 28.7 Å². The van der Waals surface area contributed by atoms with Crippen molar-refractivity contribution in [3.63, 3.8) is 0 Å². The summed E-state index contributed by atoms with van der Waals surface area (Å²) < 4.78 is 1.18. The molecule has 0 bridgehead atoms. The molecule has 1 aromatic rings. The number of nitrogens with one attached hydrogen (secondary N) is 1. The van der Waals surface area contributed by atoms with E-state index in [0.29, 0.717) is 11.5 Å². The third-order valence-electron chi connectivity index (χ3n) is 5.32. The van der Waals surface area contributed by atoms with Crippen LogP contribution >= 0.6 is 15.9 Å². The summed E-state index contributed by atoms with van der Waals surface area (Å²) >= 11 is 3.57. The molecule has 1 unspecified atom stereocenters. The van der Waals surface area contributed by atoms with Gasteiger partial charge in [-0.15, -0.1) is 0 Å². The Labute approximate surface area is 125 Å². The molecule has 2 saturated carbocycles. The zero-order valence-electron chi connectivity index (χ0n) is 11.8. The van der Waals surface area contributed by atoms with Crippen molar-refractivity contribution < 1.29 is 0 Å². The summed E-state index contributed by atoms with van der Waals surface area (Å²) in [5.74, 6) is 0. The Morgan fingerprint density at radius 3 is 2.63 bits per heavy atom. The largest absolute Gasteiger partial charge is 0.307 e. The van der Waals surface area contributed by atoms with Crippen molar-refractivity contribution in [3.05, 3.63) is 34.3 Å². The van der Waals surface area contributed by atoms with E-state index in [9.17, 15) is 0 Å². The molecule has 1 aromatic carbocycles. The SMILES string of the molecule is C[C@H](NC1CCC12CCCCC2)c1cccc(Br)c1. The molecule has 2 atom stereocenters. The van der Waals surface area contributed by atoms with E-state index in [0.717, 1.165) is 6.04 Å². The maximum atomic E-state index is 3.90. The first kappa shape index (κ1) is 13.6. The molecule has 0 aromatic heterocycles. The summed E-state index contributed by atoms with van der Waals surface area (Å²) in [6.45, 7) is 2.30. The maximum absolute atomic E-state index is 3.90. The zero-order valence-corrected chi connectivity index (χ0v) is 13.4. The molecule has 19 heavy (non-hydrogen) atoms. The van der Waals surface area contributed by atoms with Crippen LogP contribution < -0.4 is 5.32 Å². The highest BCUT2D eigenvalue weighted by Crippen LogP contribution is 2.52. The van der Waals surface area contributed by atoms with Crippen LogP contribution in [0.5, 0.6) is 0 Å². The Morgan fingerprint density at radius 1 is 1.21 bits per heavy atom. The highest BCUT2D eigenvalue weighted by atomic mass is 79.9. The molecule has 104 valence electrons. The van der Waals surface area contributed by atoms with E-state index < -0.39 is 0 Å². The minimum Gasteiger partial charge on any atom is -0.307 e. The summed E-state index contributed by atoms with van der Waals surface area (Å²) in [5.41, 5.74) is 2.05. The monoisotopic (exact) mass is 321 g/mol. The second kappa shape index (κ2) is 5.57. The third-order valence-corrected chi connectivity index (χ3v) is 5.81. The van der Waals surface area contributed by atoms with E-state index in [-0.39, 0.29) is 0 Å². The lowest BCUT2D eigenvalue weighted by Crippen LogP contribution is -2.54. The quantitative estimate of drug-likeness (QED) is 0.805. The van der Waals surface area contributed by atoms with E-state index in [2.05, 4.69) is 52.4 Å². The van der Waals surface area contributed by atoms with E-state index in [4.69, 9.17) is 0 Å². The first-order valence-electron chi connectivity index (χ1n) is 7.71. The summed E-state index contributed by atoms with van der Waals surface area (Å²) in [6, 6.07) is 9.92. The van der Waals surface area contributed by atoms with Crippen LogP contribution in [0, 0.1) is 5.41 Å². The molecule has 0 amide bonds. The first-order chi connectivity index (χ1) is 9.20. The predicted molar refractivity (Wildman–Crippen MR) is 84.2 cm³/mol. The lowest BCUT2D eigenvalue weighted by Gasteiger charge is -2.53. The molecule has 0 heterocycles. The Hall–Kier alpha value is -0.340. The molecular formula is C17H24BrN. The van der Waals surface area contributed by atoms with E-state index in [1.54, 1.807) is 0 Å². The Kier molecular flexibility index (Phi) is 4.00. The van der Waals surface area contributed by atoms with Gasteiger partial charge in [-0.25, -0.2) is 0 Å². The molecule has 2 aliphatic rings. The van der Waals surface area contributed by atoms with Crippen LogP contribution in [0.2, 0.25) is 0 Å². The molecule has 0 aliphatic heterocycles. The predicted octanol–water partition coefficient (Wildman–Crippen LogP) is 5.21. The van der Waals surface area contributed by atoms with Crippen LogP contribution in [0.1, 0.15) is 63.5 Å². The normalized spacial score (nSPS) is 26.9.